The summed E-state index contributed by atoms with van der Waals surface area (Å²) in [5.41, 5.74) is 1.03. The van der Waals surface area contributed by atoms with E-state index in [0.717, 1.165) is 12.0 Å². The highest BCUT2D eigenvalue weighted by atomic mass is 19.1. The Kier molecular flexibility index (Phi) is 6.11. The van der Waals surface area contributed by atoms with Crippen molar-refractivity contribution in [1.29, 1.82) is 0 Å². The third kappa shape index (κ3) is 4.81. The Morgan fingerprint density at radius 1 is 1.35 bits per heavy atom. The molecule has 3 nitrogen and oxygen atoms in total. The van der Waals surface area contributed by atoms with Crippen LogP contribution in [0.25, 0.3) is 0 Å². The van der Waals surface area contributed by atoms with E-state index in [9.17, 15) is 9.50 Å². The number of nitrogens with one attached hydrogen (secondary N) is 1. The van der Waals surface area contributed by atoms with E-state index >= 15 is 0 Å². The van der Waals surface area contributed by atoms with Crippen LogP contribution in [0.15, 0.2) is 24.3 Å². The maximum atomic E-state index is 12.8. The van der Waals surface area contributed by atoms with Crippen molar-refractivity contribution in [2.45, 2.75) is 25.5 Å². The first-order chi connectivity index (χ1) is 8.17. The summed E-state index contributed by atoms with van der Waals surface area (Å²) in [6.07, 6.45) is 0.361. The molecule has 0 amide bonds. The molecule has 2 N–H and O–H groups in total. The van der Waals surface area contributed by atoms with Crippen LogP contribution in [-0.2, 0) is 4.74 Å². The van der Waals surface area contributed by atoms with Crippen molar-refractivity contribution in [1.82, 2.24) is 5.32 Å². The lowest BCUT2D eigenvalue weighted by atomic mass is 10.0. The van der Waals surface area contributed by atoms with Crippen molar-refractivity contribution in [2.24, 2.45) is 0 Å². The van der Waals surface area contributed by atoms with Crippen molar-refractivity contribution in [3.8, 4) is 0 Å². The van der Waals surface area contributed by atoms with Crippen LogP contribution in [0.4, 0.5) is 4.39 Å². The van der Waals surface area contributed by atoms with Gasteiger partial charge in [0.15, 0.2) is 0 Å². The van der Waals surface area contributed by atoms with Crippen LogP contribution in [0, 0.1) is 5.82 Å². The first-order valence-corrected chi connectivity index (χ1v) is 5.83. The fourth-order valence-corrected chi connectivity index (χ4v) is 1.72. The minimum Gasteiger partial charge on any atom is -0.389 e. The number of benzene rings is 1. The third-order valence-electron chi connectivity index (χ3n) is 2.64. The quantitative estimate of drug-likeness (QED) is 0.765. The van der Waals surface area contributed by atoms with Gasteiger partial charge in [-0.1, -0.05) is 19.1 Å². The van der Waals surface area contributed by atoms with E-state index in [1.54, 1.807) is 19.2 Å². The molecule has 0 aromatic heterocycles. The zero-order chi connectivity index (χ0) is 12.7. The van der Waals surface area contributed by atoms with Crippen LogP contribution in [0.2, 0.25) is 0 Å². The van der Waals surface area contributed by atoms with Gasteiger partial charge in [0.2, 0.25) is 0 Å². The number of aliphatic hydroxyl groups is 1. The average Bonchev–Trinajstić information content (AvgIpc) is 2.32. The third-order valence-corrected chi connectivity index (χ3v) is 2.64. The molecule has 2 unspecified atom stereocenters. The molecule has 0 spiro atoms. The van der Waals surface area contributed by atoms with Gasteiger partial charge in [-0.2, -0.15) is 0 Å². The second kappa shape index (κ2) is 7.37. The molecule has 0 bridgehead atoms. The molecule has 17 heavy (non-hydrogen) atoms. The molecule has 0 saturated heterocycles. The largest absolute Gasteiger partial charge is 0.389 e. The highest BCUT2D eigenvalue weighted by molar-refractivity contribution is 5.19. The first kappa shape index (κ1) is 14.1. The predicted octanol–water partition coefficient (Wildman–Crippen LogP) is 1.87. The average molecular weight is 241 g/mol. The molecule has 1 aromatic carbocycles. The van der Waals surface area contributed by atoms with Crippen LogP contribution in [0.3, 0.4) is 0 Å². The Bertz CT molecular complexity index is 316. The molecule has 4 heteroatoms. The van der Waals surface area contributed by atoms with E-state index in [2.05, 4.69) is 5.32 Å². The summed E-state index contributed by atoms with van der Waals surface area (Å²) in [4.78, 5) is 0. The summed E-state index contributed by atoms with van der Waals surface area (Å²) < 4.78 is 17.6. The monoisotopic (exact) mass is 241 g/mol. The Labute approximate surface area is 102 Å². The van der Waals surface area contributed by atoms with Crippen molar-refractivity contribution >= 4 is 0 Å². The molecule has 0 aliphatic heterocycles. The summed E-state index contributed by atoms with van der Waals surface area (Å²) >= 11 is 0. The van der Waals surface area contributed by atoms with Crippen molar-refractivity contribution < 1.29 is 14.2 Å². The molecule has 0 fully saturated rings. The van der Waals surface area contributed by atoms with Crippen molar-refractivity contribution in [2.75, 3.05) is 20.3 Å². The van der Waals surface area contributed by atoms with Crippen molar-refractivity contribution in [3.63, 3.8) is 0 Å². The molecule has 1 aromatic rings. The summed E-state index contributed by atoms with van der Waals surface area (Å²) in [5.74, 6) is -0.233. The van der Waals surface area contributed by atoms with Gasteiger partial charge in [0.1, 0.15) is 5.82 Å². The fourth-order valence-electron chi connectivity index (χ4n) is 1.72. The number of hydrogen-bond acceptors (Lipinski definition) is 3. The van der Waals surface area contributed by atoms with Gasteiger partial charge >= 0.3 is 0 Å². The standard InChI is InChI=1S/C13H20FNO2/c1-3-13(15-8-12(16)9-17-2)10-4-6-11(14)7-5-10/h4-7,12-13,15-16H,3,8-9H2,1-2H3. The zero-order valence-electron chi connectivity index (χ0n) is 10.3. The van der Waals surface area contributed by atoms with E-state index in [4.69, 9.17) is 4.74 Å². The van der Waals surface area contributed by atoms with Crippen molar-refractivity contribution in [3.05, 3.63) is 35.6 Å². The van der Waals surface area contributed by atoms with Gasteiger partial charge < -0.3 is 15.2 Å². The fraction of sp³-hybridized carbons (Fsp3) is 0.538. The number of aliphatic hydroxyl groups excluding tert-OH is 1. The van der Waals surface area contributed by atoms with Gasteiger partial charge in [0.05, 0.1) is 12.7 Å². The smallest absolute Gasteiger partial charge is 0.123 e. The topological polar surface area (TPSA) is 41.5 Å². The second-order valence-corrected chi connectivity index (χ2v) is 4.03. The number of ether oxygens (including phenoxy) is 1. The Morgan fingerprint density at radius 3 is 2.53 bits per heavy atom. The van der Waals surface area contributed by atoms with Gasteiger partial charge in [0.25, 0.3) is 0 Å². The molecule has 0 heterocycles. The summed E-state index contributed by atoms with van der Waals surface area (Å²) in [7, 11) is 1.56. The van der Waals surface area contributed by atoms with Gasteiger partial charge in [0, 0.05) is 19.7 Å². The van der Waals surface area contributed by atoms with E-state index in [1.165, 1.54) is 12.1 Å². The van der Waals surface area contributed by atoms with E-state index in [1.807, 2.05) is 6.92 Å². The van der Waals surface area contributed by atoms with Gasteiger partial charge in [-0.15, -0.1) is 0 Å². The molecular formula is C13H20FNO2. The van der Waals surface area contributed by atoms with Crippen LogP contribution in [0.5, 0.6) is 0 Å². The van der Waals surface area contributed by atoms with Gasteiger partial charge in [-0.05, 0) is 24.1 Å². The highest BCUT2D eigenvalue weighted by Crippen LogP contribution is 2.16. The normalized spacial score (nSPS) is 14.6. The lowest BCUT2D eigenvalue weighted by Crippen LogP contribution is -2.32. The molecule has 0 radical (unpaired) electrons. The molecule has 1 rings (SSSR count). The van der Waals surface area contributed by atoms with E-state index in [0.29, 0.717) is 13.2 Å². The Morgan fingerprint density at radius 2 is 2.00 bits per heavy atom. The molecule has 0 saturated carbocycles. The Hall–Kier alpha value is -0.970. The zero-order valence-corrected chi connectivity index (χ0v) is 10.3. The van der Waals surface area contributed by atoms with E-state index < -0.39 is 6.10 Å². The number of hydrogen-bond donors (Lipinski definition) is 2. The second-order valence-electron chi connectivity index (χ2n) is 4.03. The number of methoxy groups -OCH3 is 1. The van der Waals surface area contributed by atoms with Crippen LogP contribution >= 0.6 is 0 Å². The summed E-state index contributed by atoms with van der Waals surface area (Å²) in [6.45, 7) is 2.82. The van der Waals surface area contributed by atoms with E-state index in [-0.39, 0.29) is 11.9 Å². The van der Waals surface area contributed by atoms with Crippen LogP contribution in [-0.4, -0.2) is 31.5 Å². The number of rotatable bonds is 7. The summed E-state index contributed by atoms with van der Waals surface area (Å²) in [6, 6.07) is 6.55. The minimum atomic E-state index is -0.519. The maximum absolute atomic E-state index is 12.8. The molecule has 96 valence electrons. The van der Waals surface area contributed by atoms with Crippen LogP contribution < -0.4 is 5.32 Å². The highest BCUT2D eigenvalue weighted by Gasteiger charge is 2.11. The lowest BCUT2D eigenvalue weighted by molar-refractivity contribution is 0.0626. The summed E-state index contributed by atoms with van der Waals surface area (Å²) in [5, 5.41) is 12.8. The number of halogens is 1. The lowest BCUT2D eigenvalue weighted by Gasteiger charge is -2.19. The molecule has 0 aliphatic rings. The Balaban J connectivity index is 2.51. The first-order valence-electron chi connectivity index (χ1n) is 5.83. The molecular weight excluding hydrogens is 221 g/mol. The molecule has 0 aliphatic carbocycles. The molecule has 2 atom stereocenters. The van der Waals surface area contributed by atoms with Gasteiger partial charge in [-0.3, -0.25) is 0 Å². The van der Waals surface area contributed by atoms with Crippen LogP contribution in [0.1, 0.15) is 24.9 Å². The SMILES string of the molecule is CCC(NCC(O)COC)c1ccc(F)cc1. The predicted molar refractivity (Wildman–Crippen MR) is 65.3 cm³/mol. The minimum absolute atomic E-state index is 0.127. The maximum Gasteiger partial charge on any atom is 0.123 e. The van der Waals surface area contributed by atoms with Gasteiger partial charge in [-0.25, -0.2) is 4.39 Å².